The van der Waals surface area contributed by atoms with Crippen molar-refractivity contribution in [1.29, 1.82) is 0 Å². The van der Waals surface area contributed by atoms with Gasteiger partial charge in [0.1, 0.15) is 0 Å². The summed E-state index contributed by atoms with van der Waals surface area (Å²) in [6, 6.07) is 13.2. The fourth-order valence-corrected chi connectivity index (χ4v) is 2.45. The highest BCUT2D eigenvalue weighted by Gasteiger charge is 2.00. The van der Waals surface area contributed by atoms with Crippen LogP contribution in [0.2, 0.25) is 0 Å². The van der Waals surface area contributed by atoms with E-state index in [0.29, 0.717) is 5.92 Å². The Balaban J connectivity index is 1.85. The molecule has 0 aliphatic carbocycles. The number of aromatic nitrogens is 1. The molecular weight excluding hydrogens is 254 g/mol. The lowest BCUT2D eigenvalue weighted by Crippen LogP contribution is -1.91. The first-order chi connectivity index (χ1) is 10.1. The van der Waals surface area contributed by atoms with E-state index < -0.39 is 0 Å². The first-order valence-electron chi connectivity index (χ1n) is 7.78. The van der Waals surface area contributed by atoms with Crippen molar-refractivity contribution in [2.24, 2.45) is 0 Å². The Bertz CT molecular complexity index is 565. The van der Waals surface area contributed by atoms with E-state index in [0.717, 1.165) is 19.3 Å². The molecule has 0 atom stereocenters. The van der Waals surface area contributed by atoms with E-state index in [4.69, 9.17) is 0 Å². The van der Waals surface area contributed by atoms with Crippen LogP contribution in [0.5, 0.6) is 0 Å². The van der Waals surface area contributed by atoms with E-state index in [-0.39, 0.29) is 0 Å². The summed E-state index contributed by atoms with van der Waals surface area (Å²) in [5.74, 6) is 0.607. The number of hydrogen-bond donors (Lipinski definition) is 0. The van der Waals surface area contributed by atoms with Gasteiger partial charge in [0, 0.05) is 12.4 Å². The standard InChI is InChI=1S/C20H25N/c1-16(2)20-11-9-18(10-12-20)14-17(3)6-4-7-19-8-5-13-21-15-19/h5-6,8-13,15-16H,4,7,14H2,1-3H3. The van der Waals surface area contributed by atoms with Gasteiger partial charge in [-0.1, -0.05) is 55.8 Å². The second-order valence-corrected chi connectivity index (χ2v) is 6.02. The molecule has 0 aliphatic heterocycles. The fourth-order valence-electron chi connectivity index (χ4n) is 2.45. The van der Waals surface area contributed by atoms with Gasteiger partial charge in [0.25, 0.3) is 0 Å². The zero-order valence-corrected chi connectivity index (χ0v) is 13.3. The highest BCUT2D eigenvalue weighted by atomic mass is 14.6. The quantitative estimate of drug-likeness (QED) is 0.651. The van der Waals surface area contributed by atoms with Crippen LogP contribution in [0.1, 0.15) is 49.8 Å². The van der Waals surface area contributed by atoms with E-state index in [1.807, 2.05) is 18.5 Å². The van der Waals surface area contributed by atoms with Gasteiger partial charge >= 0.3 is 0 Å². The first-order valence-corrected chi connectivity index (χ1v) is 7.78. The molecule has 0 radical (unpaired) electrons. The zero-order chi connectivity index (χ0) is 15.1. The van der Waals surface area contributed by atoms with Gasteiger partial charge in [-0.25, -0.2) is 0 Å². The molecule has 0 aliphatic rings. The Labute approximate surface area is 128 Å². The molecule has 1 heteroatoms. The summed E-state index contributed by atoms with van der Waals surface area (Å²) in [6.07, 6.45) is 9.33. The lowest BCUT2D eigenvalue weighted by atomic mass is 9.99. The molecule has 21 heavy (non-hydrogen) atoms. The molecule has 2 rings (SSSR count). The van der Waals surface area contributed by atoms with Gasteiger partial charge in [-0.2, -0.15) is 0 Å². The van der Waals surface area contributed by atoms with Gasteiger partial charge in [0.15, 0.2) is 0 Å². The molecule has 1 heterocycles. The van der Waals surface area contributed by atoms with Gasteiger partial charge in [-0.05, 0) is 54.9 Å². The summed E-state index contributed by atoms with van der Waals surface area (Å²) in [7, 11) is 0. The van der Waals surface area contributed by atoms with Crippen molar-refractivity contribution >= 4 is 0 Å². The maximum atomic E-state index is 4.15. The van der Waals surface area contributed by atoms with E-state index in [1.165, 1.54) is 22.3 Å². The van der Waals surface area contributed by atoms with Gasteiger partial charge < -0.3 is 0 Å². The fraction of sp³-hybridized carbons (Fsp3) is 0.350. The molecule has 1 aromatic heterocycles. The van der Waals surface area contributed by atoms with Crippen LogP contribution in [-0.4, -0.2) is 4.98 Å². The normalized spacial score (nSPS) is 11.9. The average Bonchev–Trinajstić information content (AvgIpc) is 2.49. The van der Waals surface area contributed by atoms with Crippen LogP contribution in [0.3, 0.4) is 0 Å². The van der Waals surface area contributed by atoms with Crippen molar-refractivity contribution in [3.63, 3.8) is 0 Å². The van der Waals surface area contributed by atoms with Crippen molar-refractivity contribution in [3.05, 3.63) is 77.1 Å². The third-order valence-electron chi connectivity index (χ3n) is 3.78. The van der Waals surface area contributed by atoms with Crippen LogP contribution in [0.4, 0.5) is 0 Å². The van der Waals surface area contributed by atoms with Crippen molar-refractivity contribution in [3.8, 4) is 0 Å². The molecule has 2 aromatic rings. The molecule has 0 bridgehead atoms. The number of benzene rings is 1. The van der Waals surface area contributed by atoms with Gasteiger partial charge in [0.2, 0.25) is 0 Å². The summed E-state index contributed by atoms with van der Waals surface area (Å²) in [4.78, 5) is 4.15. The number of allylic oxidation sites excluding steroid dienone is 2. The van der Waals surface area contributed by atoms with Gasteiger partial charge in [-0.3, -0.25) is 4.98 Å². The molecule has 1 nitrogen and oxygen atoms in total. The predicted molar refractivity (Wildman–Crippen MR) is 90.6 cm³/mol. The summed E-state index contributed by atoms with van der Waals surface area (Å²) < 4.78 is 0. The second kappa shape index (κ2) is 7.78. The minimum absolute atomic E-state index is 0.607. The smallest absolute Gasteiger partial charge is 0.0299 e. The molecule has 0 spiro atoms. The number of hydrogen-bond acceptors (Lipinski definition) is 1. The molecule has 0 N–H and O–H groups in total. The first kappa shape index (κ1) is 15.5. The Hall–Kier alpha value is -1.89. The third kappa shape index (κ3) is 5.18. The van der Waals surface area contributed by atoms with Crippen LogP contribution < -0.4 is 0 Å². The summed E-state index contributed by atoms with van der Waals surface area (Å²) >= 11 is 0. The van der Waals surface area contributed by atoms with Gasteiger partial charge in [0.05, 0.1) is 0 Å². The van der Waals surface area contributed by atoms with Crippen molar-refractivity contribution < 1.29 is 0 Å². The Morgan fingerprint density at radius 1 is 1.10 bits per heavy atom. The van der Waals surface area contributed by atoms with Crippen LogP contribution in [0.15, 0.2) is 60.4 Å². The number of rotatable bonds is 6. The van der Waals surface area contributed by atoms with E-state index in [2.05, 4.69) is 62.2 Å². The van der Waals surface area contributed by atoms with Crippen molar-refractivity contribution in [1.82, 2.24) is 4.98 Å². The Morgan fingerprint density at radius 2 is 1.86 bits per heavy atom. The Kier molecular flexibility index (Phi) is 5.74. The SMILES string of the molecule is CC(=CCCc1cccnc1)Cc1ccc(C(C)C)cc1. The average molecular weight is 279 g/mol. The third-order valence-corrected chi connectivity index (χ3v) is 3.78. The monoisotopic (exact) mass is 279 g/mol. The highest BCUT2D eigenvalue weighted by molar-refractivity contribution is 5.27. The van der Waals surface area contributed by atoms with E-state index in [9.17, 15) is 0 Å². The van der Waals surface area contributed by atoms with Crippen LogP contribution >= 0.6 is 0 Å². The summed E-state index contributed by atoms with van der Waals surface area (Å²) in [5, 5.41) is 0. The van der Waals surface area contributed by atoms with Crippen LogP contribution in [0, 0.1) is 0 Å². The minimum Gasteiger partial charge on any atom is -0.264 e. The molecule has 0 fully saturated rings. The van der Waals surface area contributed by atoms with Crippen LogP contribution in [-0.2, 0) is 12.8 Å². The molecule has 0 unspecified atom stereocenters. The molecule has 1 aromatic carbocycles. The lowest BCUT2D eigenvalue weighted by Gasteiger charge is -2.07. The summed E-state index contributed by atoms with van der Waals surface area (Å²) in [6.45, 7) is 6.69. The van der Waals surface area contributed by atoms with Crippen molar-refractivity contribution in [2.75, 3.05) is 0 Å². The topological polar surface area (TPSA) is 12.9 Å². The molecule has 0 saturated heterocycles. The highest BCUT2D eigenvalue weighted by Crippen LogP contribution is 2.16. The number of aryl methyl sites for hydroxylation is 1. The molecule has 0 saturated carbocycles. The van der Waals surface area contributed by atoms with E-state index in [1.54, 1.807) is 0 Å². The molecule has 110 valence electrons. The molecule has 0 amide bonds. The molecular formula is C20H25N. The maximum absolute atomic E-state index is 4.15. The van der Waals surface area contributed by atoms with E-state index >= 15 is 0 Å². The zero-order valence-electron chi connectivity index (χ0n) is 13.3. The largest absolute Gasteiger partial charge is 0.264 e. The maximum Gasteiger partial charge on any atom is 0.0299 e. The number of nitrogens with zero attached hydrogens (tertiary/aromatic N) is 1. The minimum atomic E-state index is 0.607. The summed E-state index contributed by atoms with van der Waals surface area (Å²) in [5.41, 5.74) is 5.56. The second-order valence-electron chi connectivity index (χ2n) is 6.02. The van der Waals surface area contributed by atoms with Gasteiger partial charge in [-0.15, -0.1) is 0 Å². The number of pyridine rings is 1. The van der Waals surface area contributed by atoms with Crippen LogP contribution in [0.25, 0.3) is 0 Å². The predicted octanol–water partition coefficient (Wildman–Crippen LogP) is 5.33. The van der Waals surface area contributed by atoms with Crippen molar-refractivity contribution in [2.45, 2.75) is 46.0 Å². The Morgan fingerprint density at radius 3 is 2.48 bits per heavy atom. The lowest BCUT2D eigenvalue weighted by molar-refractivity contribution is 0.865.